The van der Waals surface area contributed by atoms with Crippen LogP contribution in [0.4, 0.5) is 0 Å². The molecule has 0 aromatic carbocycles. The summed E-state index contributed by atoms with van der Waals surface area (Å²) < 4.78 is 0. The highest BCUT2D eigenvalue weighted by Crippen LogP contribution is 2.34. The summed E-state index contributed by atoms with van der Waals surface area (Å²) in [4.78, 5) is 3.39. The van der Waals surface area contributed by atoms with E-state index in [2.05, 4.69) is 4.98 Å². The average molecular weight is 184 g/mol. The van der Waals surface area contributed by atoms with Crippen molar-refractivity contribution in [3.8, 4) is 0 Å². The van der Waals surface area contributed by atoms with E-state index in [1.165, 1.54) is 0 Å². The number of allylic oxidation sites excluding steroid dienone is 2. The molecule has 1 rings (SSSR count). The summed E-state index contributed by atoms with van der Waals surface area (Å²) in [6.07, 6.45) is 7.40. The third-order valence-corrected chi connectivity index (χ3v) is 2.79. The first kappa shape index (κ1) is 9.28. The van der Waals surface area contributed by atoms with E-state index < -0.39 is 5.54 Å². The van der Waals surface area contributed by atoms with Crippen LogP contribution in [0, 0.1) is 11.3 Å². The van der Waals surface area contributed by atoms with Gasteiger partial charge in [0.05, 0.1) is 0 Å². The summed E-state index contributed by atoms with van der Waals surface area (Å²) in [6, 6.07) is 0. The second-order valence-electron chi connectivity index (χ2n) is 3.29. The van der Waals surface area contributed by atoms with Crippen molar-refractivity contribution in [2.75, 3.05) is 0 Å². The molecule has 0 aromatic heterocycles. The largest absolute Gasteiger partial charge is 0.362 e. The van der Waals surface area contributed by atoms with E-state index in [4.69, 9.17) is 17.0 Å². The lowest BCUT2D eigenvalue weighted by Gasteiger charge is -2.20. The van der Waals surface area contributed by atoms with Crippen LogP contribution in [0.15, 0.2) is 24.3 Å². The number of hydrogen-bond acceptors (Lipinski definition) is 1. The van der Waals surface area contributed by atoms with Gasteiger partial charge >= 0.3 is 5.54 Å². The van der Waals surface area contributed by atoms with Crippen molar-refractivity contribution in [3.63, 3.8) is 0 Å². The molecule has 0 amide bonds. The van der Waals surface area contributed by atoms with Crippen LogP contribution in [-0.4, -0.2) is 10.9 Å². The van der Waals surface area contributed by atoms with E-state index >= 15 is 0 Å². The minimum absolute atomic E-state index is 0.186. The van der Waals surface area contributed by atoms with Gasteiger partial charge in [-0.05, 0) is 0 Å². The first-order chi connectivity index (χ1) is 5.63. The number of hydrogen-bond donors (Lipinski definition) is 0. The second-order valence-corrected chi connectivity index (χ2v) is 3.76. The molecule has 0 saturated carbocycles. The van der Waals surface area contributed by atoms with E-state index in [1.807, 2.05) is 38.2 Å². The minimum atomic E-state index is -0.643. The summed E-state index contributed by atoms with van der Waals surface area (Å²) in [6.45, 7) is 3.97. The normalized spacial score (nSPS) is 33.8. The van der Waals surface area contributed by atoms with E-state index in [9.17, 15) is 0 Å². The van der Waals surface area contributed by atoms with Crippen LogP contribution in [0.3, 0.4) is 0 Å². The van der Waals surface area contributed by atoms with Gasteiger partial charge in [-0.3, -0.25) is 0 Å². The smallest absolute Gasteiger partial charge is 0.109 e. The molecular weight excluding hydrogens is 172 g/mol. The zero-order valence-electron chi connectivity index (χ0n) is 7.24. The molecule has 0 fully saturated rings. The Morgan fingerprint density at radius 2 is 2.17 bits per heavy atom. The zero-order valence-corrected chi connectivity index (χ0v) is 7.99. The van der Waals surface area contributed by atoms with Crippen molar-refractivity contribution in [1.82, 2.24) is 0 Å². The predicted octanol–water partition coefficient (Wildman–Crippen LogP) is 2.97. The highest BCUT2D eigenvalue weighted by atomic mass is 35.5. The Morgan fingerprint density at radius 1 is 1.50 bits per heavy atom. The second kappa shape index (κ2) is 3.28. The van der Waals surface area contributed by atoms with Crippen molar-refractivity contribution in [3.05, 3.63) is 29.3 Å². The maximum atomic E-state index is 8.94. The molecule has 12 heavy (non-hydrogen) atoms. The number of rotatable bonds is 1. The van der Waals surface area contributed by atoms with Crippen molar-refractivity contribution in [1.29, 1.82) is 5.39 Å². The highest BCUT2D eigenvalue weighted by molar-refractivity contribution is 6.23. The summed E-state index contributed by atoms with van der Waals surface area (Å²) in [5.74, 6) is 0.186. The monoisotopic (exact) mass is 183 g/mol. The Morgan fingerprint density at radius 3 is 2.50 bits per heavy atom. The van der Waals surface area contributed by atoms with E-state index in [0.29, 0.717) is 0 Å². The molecule has 0 N–H and O–H groups in total. The number of nitrogens with zero attached hydrogens (tertiary/aromatic N) is 2. The minimum Gasteiger partial charge on any atom is -0.109 e. The zero-order chi connectivity index (χ0) is 9.19. The van der Waals surface area contributed by atoms with Crippen molar-refractivity contribution >= 4 is 11.6 Å². The molecule has 2 atom stereocenters. The Bertz CT molecular complexity index is 262. The summed E-state index contributed by atoms with van der Waals surface area (Å²) in [7, 11) is 0. The third-order valence-electron chi connectivity index (χ3n) is 2.29. The quantitative estimate of drug-likeness (QED) is 0.454. The van der Waals surface area contributed by atoms with Crippen LogP contribution >= 0.6 is 11.6 Å². The molecule has 2 nitrogen and oxygen atoms in total. The maximum absolute atomic E-state index is 8.94. The van der Waals surface area contributed by atoms with Gasteiger partial charge in [-0.1, -0.05) is 32.1 Å². The van der Waals surface area contributed by atoms with Crippen LogP contribution in [0.1, 0.15) is 13.8 Å². The fraction of sp³-hybridized carbons (Fsp3) is 0.556. The SMILES string of the molecule is CC(C)C1([N+]#N)C=CC=CC1Cl. The van der Waals surface area contributed by atoms with E-state index in [0.717, 1.165) is 0 Å². The Labute approximate surface area is 77.5 Å². The molecule has 64 valence electrons. The summed E-state index contributed by atoms with van der Waals surface area (Å²) in [5, 5.41) is 8.68. The van der Waals surface area contributed by atoms with Gasteiger partial charge in [0, 0.05) is 12.0 Å². The molecule has 0 bridgehead atoms. The predicted molar refractivity (Wildman–Crippen MR) is 50.6 cm³/mol. The first-order valence-corrected chi connectivity index (χ1v) is 4.43. The van der Waals surface area contributed by atoms with Crippen LogP contribution < -0.4 is 0 Å². The molecule has 1 aliphatic carbocycles. The molecule has 0 radical (unpaired) electrons. The molecule has 0 spiro atoms. The maximum Gasteiger partial charge on any atom is 0.362 e. The van der Waals surface area contributed by atoms with Crippen LogP contribution in [-0.2, 0) is 0 Å². The van der Waals surface area contributed by atoms with Crippen molar-refractivity contribution in [2.45, 2.75) is 24.8 Å². The van der Waals surface area contributed by atoms with Crippen molar-refractivity contribution < 1.29 is 0 Å². The Balaban J connectivity index is 3.03. The van der Waals surface area contributed by atoms with Gasteiger partial charge in [-0.15, -0.1) is 11.6 Å². The van der Waals surface area contributed by atoms with E-state index in [-0.39, 0.29) is 11.3 Å². The topological polar surface area (TPSA) is 28.1 Å². The van der Waals surface area contributed by atoms with E-state index in [1.54, 1.807) is 0 Å². The summed E-state index contributed by atoms with van der Waals surface area (Å²) >= 11 is 6.04. The Kier molecular flexibility index (Phi) is 2.54. The third kappa shape index (κ3) is 1.25. The van der Waals surface area contributed by atoms with Gasteiger partial charge in [0.25, 0.3) is 0 Å². The number of halogens is 1. The lowest BCUT2D eigenvalue weighted by Crippen LogP contribution is -2.39. The molecule has 0 saturated heterocycles. The van der Waals surface area contributed by atoms with Crippen LogP contribution in [0.5, 0.6) is 0 Å². The van der Waals surface area contributed by atoms with Gasteiger partial charge in [-0.2, -0.15) is 0 Å². The molecule has 2 unspecified atom stereocenters. The van der Waals surface area contributed by atoms with Gasteiger partial charge < -0.3 is 0 Å². The van der Waals surface area contributed by atoms with Crippen molar-refractivity contribution in [2.24, 2.45) is 5.92 Å². The molecule has 0 aliphatic heterocycles. The molecular formula is C9H12ClN2+. The number of alkyl halides is 1. The van der Waals surface area contributed by atoms with Crippen LogP contribution in [0.2, 0.25) is 0 Å². The summed E-state index contributed by atoms with van der Waals surface area (Å²) in [5.41, 5.74) is -0.643. The standard InChI is InChI=1S/C9H12ClN2/c1-7(2)9(12-11)6-4-3-5-8(9)10/h3-8H,1-2H3/q+1. The fourth-order valence-electron chi connectivity index (χ4n) is 1.33. The molecule has 1 aliphatic rings. The Hall–Kier alpha value is -0.810. The van der Waals surface area contributed by atoms with Gasteiger partial charge in [0.1, 0.15) is 10.4 Å². The van der Waals surface area contributed by atoms with Gasteiger partial charge in [0.2, 0.25) is 5.39 Å². The van der Waals surface area contributed by atoms with Crippen LogP contribution in [0.25, 0.3) is 4.98 Å². The highest BCUT2D eigenvalue weighted by Gasteiger charge is 2.51. The van der Waals surface area contributed by atoms with Gasteiger partial charge in [0.15, 0.2) is 0 Å². The lowest BCUT2D eigenvalue weighted by molar-refractivity contribution is 0.446. The fourth-order valence-corrected chi connectivity index (χ4v) is 1.78. The molecule has 0 aromatic rings. The lowest BCUT2D eigenvalue weighted by atomic mass is 9.81. The van der Waals surface area contributed by atoms with Gasteiger partial charge in [-0.25, -0.2) is 0 Å². The first-order valence-electron chi connectivity index (χ1n) is 4.00. The molecule has 3 heteroatoms. The molecule has 0 heterocycles. The number of diazo groups is 1. The average Bonchev–Trinajstić information content (AvgIpc) is 2.05.